The summed E-state index contributed by atoms with van der Waals surface area (Å²) in [5.74, 6) is 0.252. The fraction of sp³-hybridized carbons (Fsp3) is 0.500. The van der Waals surface area contributed by atoms with Crippen LogP contribution in [0.15, 0.2) is 24.3 Å². The summed E-state index contributed by atoms with van der Waals surface area (Å²) >= 11 is 5.77. The molecular weight excluding hydrogens is 250 g/mol. The second-order valence-corrected chi connectivity index (χ2v) is 4.82. The number of benzene rings is 1. The molecule has 0 bridgehead atoms. The molecule has 0 aliphatic rings. The summed E-state index contributed by atoms with van der Waals surface area (Å²) in [7, 11) is 0. The van der Waals surface area contributed by atoms with Crippen LogP contribution in [0.5, 0.6) is 0 Å². The third-order valence-corrected chi connectivity index (χ3v) is 3.14. The topological polar surface area (TPSA) is 49.3 Å². The maximum atomic E-state index is 11.9. The molecule has 100 valence electrons. The molecular formula is C14H20ClNO2. The van der Waals surface area contributed by atoms with Gasteiger partial charge in [-0.15, -0.1) is 0 Å². The molecule has 0 aliphatic heterocycles. The largest absolute Gasteiger partial charge is 0.396 e. The lowest BCUT2D eigenvalue weighted by Gasteiger charge is -2.15. The van der Waals surface area contributed by atoms with Gasteiger partial charge in [0.2, 0.25) is 0 Å². The maximum absolute atomic E-state index is 11.9. The summed E-state index contributed by atoms with van der Waals surface area (Å²) in [6.07, 6.45) is 2.80. The molecule has 1 rings (SSSR count). The van der Waals surface area contributed by atoms with Crippen LogP contribution >= 0.6 is 11.6 Å². The highest BCUT2D eigenvalue weighted by molar-refractivity contribution is 6.30. The standard InChI is InChI=1S/C14H20ClNO2/c1-2-3-11(8-9-17)10-16-14(18)12-4-6-13(15)7-5-12/h4-7,11,17H,2-3,8-10H2,1H3,(H,16,18). The second kappa shape index (κ2) is 8.11. The van der Waals surface area contributed by atoms with Crippen molar-refractivity contribution in [3.63, 3.8) is 0 Å². The van der Waals surface area contributed by atoms with Crippen LogP contribution < -0.4 is 5.32 Å². The number of carbonyl (C=O) groups excluding carboxylic acids is 1. The summed E-state index contributed by atoms with van der Waals surface area (Å²) in [6.45, 7) is 2.88. The smallest absolute Gasteiger partial charge is 0.251 e. The zero-order chi connectivity index (χ0) is 13.4. The van der Waals surface area contributed by atoms with Crippen LogP contribution in [-0.4, -0.2) is 24.2 Å². The van der Waals surface area contributed by atoms with E-state index in [9.17, 15) is 4.79 Å². The molecule has 0 aliphatic carbocycles. The number of aliphatic hydroxyl groups is 1. The van der Waals surface area contributed by atoms with Crippen molar-refractivity contribution in [1.82, 2.24) is 5.32 Å². The highest BCUT2D eigenvalue weighted by Crippen LogP contribution is 2.11. The molecule has 1 atom stereocenters. The molecule has 1 unspecified atom stereocenters. The van der Waals surface area contributed by atoms with E-state index in [0.717, 1.165) is 19.3 Å². The third kappa shape index (κ3) is 5.07. The first-order chi connectivity index (χ1) is 8.67. The van der Waals surface area contributed by atoms with E-state index in [4.69, 9.17) is 16.7 Å². The van der Waals surface area contributed by atoms with E-state index in [-0.39, 0.29) is 12.5 Å². The van der Waals surface area contributed by atoms with Gasteiger partial charge in [0.1, 0.15) is 0 Å². The molecule has 4 heteroatoms. The Morgan fingerprint density at radius 2 is 2.00 bits per heavy atom. The SMILES string of the molecule is CCCC(CCO)CNC(=O)c1ccc(Cl)cc1. The van der Waals surface area contributed by atoms with Crippen molar-refractivity contribution < 1.29 is 9.90 Å². The molecule has 0 radical (unpaired) electrons. The molecule has 2 N–H and O–H groups in total. The fourth-order valence-electron chi connectivity index (χ4n) is 1.88. The molecule has 3 nitrogen and oxygen atoms in total. The highest BCUT2D eigenvalue weighted by Gasteiger charge is 2.10. The third-order valence-electron chi connectivity index (χ3n) is 2.89. The van der Waals surface area contributed by atoms with Crippen molar-refractivity contribution in [3.05, 3.63) is 34.9 Å². The van der Waals surface area contributed by atoms with E-state index >= 15 is 0 Å². The number of halogens is 1. The second-order valence-electron chi connectivity index (χ2n) is 4.38. The maximum Gasteiger partial charge on any atom is 0.251 e. The first-order valence-electron chi connectivity index (χ1n) is 6.32. The monoisotopic (exact) mass is 269 g/mol. The van der Waals surface area contributed by atoms with E-state index in [1.807, 2.05) is 0 Å². The van der Waals surface area contributed by atoms with E-state index in [1.54, 1.807) is 24.3 Å². The van der Waals surface area contributed by atoms with Crippen LogP contribution in [0.2, 0.25) is 5.02 Å². The number of amides is 1. The zero-order valence-corrected chi connectivity index (χ0v) is 11.4. The molecule has 0 fully saturated rings. The van der Waals surface area contributed by atoms with Gasteiger partial charge in [0.05, 0.1) is 0 Å². The van der Waals surface area contributed by atoms with Gasteiger partial charge in [-0.3, -0.25) is 4.79 Å². The van der Waals surface area contributed by atoms with Crippen LogP contribution in [0.4, 0.5) is 0 Å². The number of carbonyl (C=O) groups is 1. The van der Waals surface area contributed by atoms with E-state index < -0.39 is 0 Å². The number of hydrogen-bond donors (Lipinski definition) is 2. The van der Waals surface area contributed by atoms with E-state index in [0.29, 0.717) is 23.0 Å². The minimum Gasteiger partial charge on any atom is -0.396 e. The summed E-state index contributed by atoms with van der Waals surface area (Å²) in [5, 5.41) is 12.5. The van der Waals surface area contributed by atoms with Gasteiger partial charge >= 0.3 is 0 Å². The fourth-order valence-corrected chi connectivity index (χ4v) is 2.01. The Kier molecular flexibility index (Phi) is 6.76. The molecule has 0 saturated heterocycles. The summed E-state index contributed by atoms with van der Waals surface area (Å²) in [4.78, 5) is 11.9. The lowest BCUT2D eigenvalue weighted by molar-refractivity contribution is 0.0943. The van der Waals surface area contributed by atoms with Crippen molar-refractivity contribution in [2.75, 3.05) is 13.2 Å². The minimum absolute atomic E-state index is 0.0919. The van der Waals surface area contributed by atoms with Gasteiger partial charge in [0.25, 0.3) is 5.91 Å². The van der Waals surface area contributed by atoms with Gasteiger partial charge < -0.3 is 10.4 Å². The molecule has 0 spiro atoms. The molecule has 1 aromatic carbocycles. The van der Waals surface area contributed by atoms with Crippen molar-refractivity contribution in [2.24, 2.45) is 5.92 Å². The van der Waals surface area contributed by atoms with Gasteiger partial charge in [-0.05, 0) is 43.0 Å². The van der Waals surface area contributed by atoms with Crippen molar-refractivity contribution >= 4 is 17.5 Å². The summed E-state index contributed by atoms with van der Waals surface area (Å²) in [6, 6.07) is 6.82. The number of rotatable bonds is 7. The Morgan fingerprint density at radius 3 is 2.56 bits per heavy atom. The average molecular weight is 270 g/mol. The Bertz CT molecular complexity index is 359. The predicted octanol–water partition coefficient (Wildman–Crippen LogP) is 2.87. The number of hydrogen-bond acceptors (Lipinski definition) is 2. The average Bonchev–Trinajstić information content (AvgIpc) is 2.37. The van der Waals surface area contributed by atoms with Gasteiger partial charge in [0, 0.05) is 23.7 Å². The Balaban J connectivity index is 2.46. The molecule has 0 saturated carbocycles. The highest BCUT2D eigenvalue weighted by atomic mass is 35.5. The molecule has 1 aromatic rings. The van der Waals surface area contributed by atoms with Gasteiger partial charge in [-0.25, -0.2) is 0 Å². The van der Waals surface area contributed by atoms with Crippen LogP contribution in [0.3, 0.4) is 0 Å². The summed E-state index contributed by atoms with van der Waals surface area (Å²) in [5.41, 5.74) is 0.610. The van der Waals surface area contributed by atoms with E-state index in [2.05, 4.69) is 12.2 Å². The minimum atomic E-state index is -0.0919. The first-order valence-corrected chi connectivity index (χ1v) is 6.69. The number of aliphatic hydroxyl groups excluding tert-OH is 1. The van der Waals surface area contributed by atoms with Crippen LogP contribution in [-0.2, 0) is 0 Å². The van der Waals surface area contributed by atoms with Crippen LogP contribution in [0, 0.1) is 5.92 Å². The van der Waals surface area contributed by atoms with E-state index in [1.165, 1.54) is 0 Å². The lowest BCUT2D eigenvalue weighted by Crippen LogP contribution is -2.29. The van der Waals surface area contributed by atoms with Gasteiger partial charge in [-0.1, -0.05) is 24.9 Å². The quantitative estimate of drug-likeness (QED) is 0.800. The van der Waals surface area contributed by atoms with Gasteiger partial charge in [0.15, 0.2) is 0 Å². The molecule has 18 heavy (non-hydrogen) atoms. The summed E-state index contributed by atoms with van der Waals surface area (Å²) < 4.78 is 0. The number of nitrogens with one attached hydrogen (secondary N) is 1. The van der Waals surface area contributed by atoms with Crippen molar-refractivity contribution in [1.29, 1.82) is 0 Å². The van der Waals surface area contributed by atoms with Crippen LogP contribution in [0.25, 0.3) is 0 Å². The zero-order valence-electron chi connectivity index (χ0n) is 10.7. The normalized spacial score (nSPS) is 12.2. The van der Waals surface area contributed by atoms with Crippen molar-refractivity contribution in [2.45, 2.75) is 26.2 Å². The Morgan fingerprint density at radius 1 is 1.33 bits per heavy atom. The lowest BCUT2D eigenvalue weighted by atomic mass is 10.00. The van der Waals surface area contributed by atoms with Gasteiger partial charge in [-0.2, -0.15) is 0 Å². The van der Waals surface area contributed by atoms with Crippen LogP contribution in [0.1, 0.15) is 36.5 Å². The molecule has 1 amide bonds. The molecule has 0 heterocycles. The first kappa shape index (κ1) is 15.0. The Labute approximate surface area is 113 Å². The predicted molar refractivity (Wildman–Crippen MR) is 73.9 cm³/mol. The Hall–Kier alpha value is -1.06. The molecule has 0 aromatic heterocycles. The van der Waals surface area contributed by atoms with Crippen molar-refractivity contribution in [3.8, 4) is 0 Å².